The van der Waals surface area contributed by atoms with Gasteiger partial charge in [-0.05, 0) is 49.8 Å². The van der Waals surface area contributed by atoms with Crippen molar-refractivity contribution >= 4 is 29.2 Å². The van der Waals surface area contributed by atoms with E-state index in [1.165, 1.54) is 7.11 Å². The van der Waals surface area contributed by atoms with E-state index in [-0.39, 0.29) is 17.8 Å². The lowest BCUT2D eigenvalue weighted by molar-refractivity contribution is -0.146. The smallest absolute Gasteiger partial charge is 0.308 e. The van der Waals surface area contributed by atoms with Crippen LogP contribution in [0.3, 0.4) is 0 Å². The number of ether oxygens (including phenoxy) is 1. The van der Waals surface area contributed by atoms with Crippen LogP contribution in [0, 0.1) is 11.8 Å². The van der Waals surface area contributed by atoms with Crippen LogP contribution in [0.25, 0.3) is 0 Å². The summed E-state index contributed by atoms with van der Waals surface area (Å²) in [5, 5.41) is 3.30. The fourth-order valence-corrected chi connectivity index (χ4v) is 2.96. The van der Waals surface area contributed by atoms with Crippen LogP contribution in [0.1, 0.15) is 36.0 Å². The van der Waals surface area contributed by atoms with E-state index in [2.05, 4.69) is 5.32 Å². The molecule has 1 aromatic rings. The van der Waals surface area contributed by atoms with Crippen LogP contribution >= 0.6 is 11.6 Å². The SMILES string of the molecule is COC(=O)[C@H]1CC[C@H](CNC(=O)c2ccc(N)c(Cl)c2)CC1. The summed E-state index contributed by atoms with van der Waals surface area (Å²) < 4.78 is 4.77. The number of carbonyl (C=O) groups is 2. The molecule has 0 radical (unpaired) electrons. The van der Waals surface area contributed by atoms with Crippen molar-refractivity contribution in [2.75, 3.05) is 19.4 Å². The first-order valence-electron chi connectivity index (χ1n) is 7.42. The first-order chi connectivity index (χ1) is 10.5. The number of nitrogens with two attached hydrogens (primary N) is 1. The molecule has 22 heavy (non-hydrogen) atoms. The highest BCUT2D eigenvalue weighted by Gasteiger charge is 2.27. The number of amides is 1. The van der Waals surface area contributed by atoms with Gasteiger partial charge in [-0.2, -0.15) is 0 Å². The van der Waals surface area contributed by atoms with Gasteiger partial charge in [0.05, 0.1) is 23.7 Å². The molecule has 0 saturated heterocycles. The molecule has 0 aromatic heterocycles. The number of nitrogens with one attached hydrogen (secondary N) is 1. The minimum Gasteiger partial charge on any atom is -0.469 e. The van der Waals surface area contributed by atoms with Gasteiger partial charge >= 0.3 is 5.97 Å². The van der Waals surface area contributed by atoms with E-state index < -0.39 is 0 Å². The number of hydrogen-bond acceptors (Lipinski definition) is 4. The highest BCUT2D eigenvalue weighted by atomic mass is 35.5. The molecular weight excluding hydrogens is 304 g/mol. The fraction of sp³-hybridized carbons (Fsp3) is 0.500. The largest absolute Gasteiger partial charge is 0.469 e. The van der Waals surface area contributed by atoms with Gasteiger partial charge in [0.2, 0.25) is 0 Å². The summed E-state index contributed by atoms with van der Waals surface area (Å²) in [4.78, 5) is 23.6. The van der Waals surface area contributed by atoms with Crippen LogP contribution in [-0.4, -0.2) is 25.5 Å². The first-order valence-corrected chi connectivity index (χ1v) is 7.80. The van der Waals surface area contributed by atoms with Crippen LogP contribution < -0.4 is 11.1 Å². The Bertz CT molecular complexity index is 554. The van der Waals surface area contributed by atoms with Crippen molar-refractivity contribution in [1.29, 1.82) is 0 Å². The van der Waals surface area contributed by atoms with Crippen molar-refractivity contribution in [3.05, 3.63) is 28.8 Å². The molecule has 0 aliphatic heterocycles. The number of carbonyl (C=O) groups excluding carboxylic acids is 2. The standard InChI is InChI=1S/C16H21ClN2O3/c1-22-16(21)11-4-2-10(3-5-11)9-19-15(20)12-6-7-14(18)13(17)8-12/h6-8,10-11H,2-5,9,18H2,1H3,(H,19,20)/t10-,11-. The van der Waals surface area contributed by atoms with Gasteiger partial charge in [-0.25, -0.2) is 0 Å². The normalized spacial score (nSPS) is 21.2. The van der Waals surface area contributed by atoms with Gasteiger partial charge in [0.1, 0.15) is 0 Å². The second-order valence-electron chi connectivity index (χ2n) is 5.69. The number of hydrogen-bond donors (Lipinski definition) is 2. The highest BCUT2D eigenvalue weighted by molar-refractivity contribution is 6.33. The van der Waals surface area contributed by atoms with Crippen LogP contribution in [0.5, 0.6) is 0 Å². The lowest BCUT2D eigenvalue weighted by Gasteiger charge is -2.27. The van der Waals surface area contributed by atoms with Gasteiger partial charge in [-0.1, -0.05) is 11.6 Å². The highest BCUT2D eigenvalue weighted by Crippen LogP contribution is 2.29. The van der Waals surface area contributed by atoms with E-state index in [4.69, 9.17) is 22.1 Å². The number of esters is 1. The molecule has 120 valence electrons. The molecule has 1 aliphatic rings. The molecule has 6 heteroatoms. The molecule has 1 saturated carbocycles. The van der Waals surface area contributed by atoms with Crippen molar-refractivity contribution in [3.8, 4) is 0 Å². The molecule has 0 unspecified atom stereocenters. The maximum absolute atomic E-state index is 12.1. The monoisotopic (exact) mass is 324 g/mol. The maximum atomic E-state index is 12.1. The van der Waals surface area contributed by atoms with E-state index in [0.29, 0.717) is 28.7 Å². The summed E-state index contributed by atoms with van der Waals surface area (Å²) in [6.07, 6.45) is 3.48. The van der Waals surface area contributed by atoms with E-state index >= 15 is 0 Å². The number of nitrogen functional groups attached to an aromatic ring is 1. The van der Waals surface area contributed by atoms with E-state index in [9.17, 15) is 9.59 Å². The van der Waals surface area contributed by atoms with Crippen molar-refractivity contribution in [2.24, 2.45) is 11.8 Å². The third-order valence-corrected chi connectivity index (χ3v) is 4.52. The zero-order chi connectivity index (χ0) is 16.1. The van der Waals surface area contributed by atoms with E-state index in [1.807, 2.05) is 0 Å². The number of halogens is 1. The van der Waals surface area contributed by atoms with Gasteiger partial charge < -0.3 is 15.8 Å². The van der Waals surface area contributed by atoms with Crippen molar-refractivity contribution in [3.63, 3.8) is 0 Å². The minimum absolute atomic E-state index is 0.00727. The topological polar surface area (TPSA) is 81.4 Å². The Hall–Kier alpha value is -1.75. The molecule has 1 aliphatic carbocycles. The lowest BCUT2D eigenvalue weighted by Crippen LogP contribution is -2.32. The number of methoxy groups -OCH3 is 1. The molecule has 1 amide bonds. The Labute approximate surface area is 135 Å². The second-order valence-corrected chi connectivity index (χ2v) is 6.09. The second kappa shape index (κ2) is 7.49. The summed E-state index contributed by atoms with van der Waals surface area (Å²) in [5.41, 5.74) is 6.59. The van der Waals surface area contributed by atoms with Gasteiger partial charge in [0.25, 0.3) is 5.91 Å². The van der Waals surface area contributed by atoms with E-state index in [0.717, 1.165) is 25.7 Å². The lowest BCUT2D eigenvalue weighted by atomic mass is 9.82. The quantitative estimate of drug-likeness (QED) is 0.659. The average molecular weight is 325 g/mol. The molecule has 5 nitrogen and oxygen atoms in total. The summed E-state index contributed by atoms with van der Waals surface area (Å²) in [5.74, 6) is 0.123. The average Bonchev–Trinajstić information content (AvgIpc) is 2.54. The Morgan fingerprint density at radius 2 is 2.00 bits per heavy atom. The molecule has 0 atom stereocenters. The first kappa shape index (κ1) is 16.6. The number of anilines is 1. The van der Waals surface area contributed by atoms with Crippen LogP contribution in [-0.2, 0) is 9.53 Å². The molecule has 1 fully saturated rings. The molecule has 1 aromatic carbocycles. The summed E-state index contributed by atoms with van der Waals surface area (Å²) >= 11 is 5.92. The zero-order valence-corrected chi connectivity index (χ0v) is 13.4. The molecule has 0 bridgehead atoms. The summed E-state index contributed by atoms with van der Waals surface area (Å²) in [6.45, 7) is 0.606. The number of benzene rings is 1. The maximum Gasteiger partial charge on any atom is 0.308 e. The predicted octanol–water partition coefficient (Wildman–Crippen LogP) is 2.63. The molecule has 0 heterocycles. The van der Waals surface area contributed by atoms with Crippen molar-refractivity contribution < 1.29 is 14.3 Å². The van der Waals surface area contributed by atoms with Gasteiger partial charge in [-0.3, -0.25) is 9.59 Å². The van der Waals surface area contributed by atoms with E-state index in [1.54, 1.807) is 18.2 Å². The van der Waals surface area contributed by atoms with Gasteiger partial charge in [-0.15, -0.1) is 0 Å². The number of rotatable bonds is 4. The Kier molecular flexibility index (Phi) is 5.66. The van der Waals surface area contributed by atoms with Crippen LogP contribution in [0.4, 0.5) is 5.69 Å². The third-order valence-electron chi connectivity index (χ3n) is 4.20. The molecule has 2 rings (SSSR count). The summed E-state index contributed by atoms with van der Waals surface area (Å²) in [7, 11) is 1.42. The Balaban J connectivity index is 1.80. The van der Waals surface area contributed by atoms with Gasteiger partial charge in [0.15, 0.2) is 0 Å². The van der Waals surface area contributed by atoms with Crippen molar-refractivity contribution in [1.82, 2.24) is 5.32 Å². The van der Waals surface area contributed by atoms with Crippen molar-refractivity contribution in [2.45, 2.75) is 25.7 Å². The zero-order valence-electron chi connectivity index (χ0n) is 12.6. The minimum atomic E-state index is -0.156. The van der Waals surface area contributed by atoms with Crippen LogP contribution in [0.15, 0.2) is 18.2 Å². The predicted molar refractivity (Wildman–Crippen MR) is 85.7 cm³/mol. The Morgan fingerprint density at radius 3 is 2.59 bits per heavy atom. The fourth-order valence-electron chi connectivity index (χ4n) is 2.78. The molecule has 3 N–H and O–H groups in total. The van der Waals surface area contributed by atoms with Crippen LogP contribution in [0.2, 0.25) is 5.02 Å². The Morgan fingerprint density at radius 1 is 1.32 bits per heavy atom. The van der Waals surface area contributed by atoms with Gasteiger partial charge in [0, 0.05) is 12.1 Å². The molecular formula is C16H21ClN2O3. The molecule has 0 spiro atoms. The third kappa shape index (κ3) is 4.13. The summed E-state index contributed by atoms with van der Waals surface area (Å²) in [6, 6.07) is 4.85.